The predicted molar refractivity (Wildman–Crippen MR) is 91.4 cm³/mol. The number of nitrogens with zero attached hydrogens (tertiary/aromatic N) is 1. The van der Waals surface area contributed by atoms with E-state index in [0.717, 1.165) is 10.8 Å². The number of nitrogens with one attached hydrogen (secondary N) is 1. The number of aromatic amines is 1. The van der Waals surface area contributed by atoms with E-state index in [1.807, 2.05) is 33.8 Å². The van der Waals surface area contributed by atoms with E-state index in [4.69, 9.17) is 19.3 Å². The minimum absolute atomic E-state index is 0.0691. The Bertz CT molecular complexity index is 866. The van der Waals surface area contributed by atoms with Crippen LogP contribution in [0.2, 0.25) is 0 Å². The molecule has 1 fully saturated rings. The van der Waals surface area contributed by atoms with Gasteiger partial charge in [-0.25, -0.2) is 0 Å². The van der Waals surface area contributed by atoms with Gasteiger partial charge in [-0.1, -0.05) is 6.07 Å². The Labute approximate surface area is 140 Å². The maximum atomic E-state index is 12.2. The second kappa shape index (κ2) is 5.65. The van der Waals surface area contributed by atoms with Crippen molar-refractivity contribution in [3.63, 3.8) is 0 Å². The molecule has 0 atom stereocenters. The van der Waals surface area contributed by atoms with Crippen LogP contribution in [0.5, 0.6) is 5.75 Å². The van der Waals surface area contributed by atoms with Crippen molar-refractivity contribution in [2.45, 2.75) is 38.9 Å². The summed E-state index contributed by atoms with van der Waals surface area (Å²) in [5, 5.41) is 9.81. The molecule has 3 rings (SSSR count). The van der Waals surface area contributed by atoms with Crippen LogP contribution in [0.4, 0.5) is 0 Å². The van der Waals surface area contributed by atoms with Crippen molar-refractivity contribution in [2.75, 3.05) is 6.61 Å². The molecule has 124 valence electrons. The molecule has 7 heteroatoms. The van der Waals surface area contributed by atoms with Gasteiger partial charge in [0.15, 0.2) is 6.61 Å². The molecule has 0 aliphatic carbocycles. The number of hydrogen-bond acceptors (Lipinski definition) is 5. The number of aromatic nitrogens is 1. The van der Waals surface area contributed by atoms with E-state index in [2.05, 4.69) is 4.98 Å². The summed E-state index contributed by atoms with van der Waals surface area (Å²) >= 11 is 0. The molecule has 1 N–H and O–H groups in total. The largest absolute Gasteiger partial charge is 0.496 e. The monoisotopic (exact) mass is 326 g/mol. The fourth-order valence-corrected chi connectivity index (χ4v) is 2.63. The summed E-state index contributed by atoms with van der Waals surface area (Å²) in [6, 6.07) is 7.05. The van der Waals surface area contributed by atoms with Crippen LogP contribution in [-0.2, 0) is 9.31 Å². The first-order chi connectivity index (χ1) is 11.2. The van der Waals surface area contributed by atoms with Crippen molar-refractivity contribution < 1.29 is 14.0 Å². The summed E-state index contributed by atoms with van der Waals surface area (Å²) in [5.74, 6) is 0.473. The average Bonchev–Trinajstić information content (AvgIpc) is 2.73. The number of hydrogen-bond donors (Lipinski definition) is 1. The predicted octanol–water partition coefficient (Wildman–Crippen LogP) is 1.73. The molecule has 0 spiro atoms. The van der Waals surface area contributed by atoms with Crippen molar-refractivity contribution in [1.29, 1.82) is 5.26 Å². The lowest BCUT2D eigenvalue weighted by Gasteiger charge is -2.32. The van der Waals surface area contributed by atoms with Crippen molar-refractivity contribution >= 4 is 23.4 Å². The normalized spacial score (nSPS) is 18.5. The van der Waals surface area contributed by atoms with E-state index in [-0.39, 0.29) is 12.2 Å². The van der Waals surface area contributed by atoms with Gasteiger partial charge < -0.3 is 19.0 Å². The van der Waals surface area contributed by atoms with Gasteiger partial charge in [0.1, 0.15) is 11.8 Å². The molecular weight excluding hydrogens is 307 g/mol. The molecule has 0 unspecified atom stereocenters. The summed E-state index contributed by atoms with van der Waals surface area (Å²) in [7, 11) is -0.569. The molecule has 0 bridgehead atoms. The van der Waals surface area contributed by atoms with Crippen molar-refractivity contribution in [2.24, 2.45) is 0 Å². The number of nitriles is 1. The second-order valence-electron chi connectivity index (χ2n) is 6.82. The topological polar surface area (TPSA) is 84.3 Å². The average molecular weight is 326 g/mol. The first kappa shape index (κ1) is 16.6. The smallest absolute Gasteiger partial charge is 0.479 e. The second-order valence-corrected chi connectivity index (χ2v) is 6.82. The van der Waals surface area contributed by atoms with Crippen LogP contribution in [-0.4, -0.2) is 29.9 Å². The number of ether oxygens (including phenoxy) is 1. The molecule has 0 radical (unpaired) electrons. The Balaban J connectivity index is 2.06. The van der Waals surface area contributed by atoms with Crippen LogP contribution in [0.3, 0.4) is 0 Å². The molecule has 0 saturated carbocycles. The third-order valence-corrected chi connectivity index (χ3v) is 4.72. The summed E-state index contributed by atoms with van der Waals surface area (Å²) in [6.45, 7) is 7.85. The third-order valence-electron chi connectivity index (χ3n) is 4.72. The number of rotatable bonds is 3. The molecule has 2 heterocycles. The quantitative estimate of drug-likeness (QED) is 0.869. The molecule has 1 saturated heterocycles. The summed E-state index contributed by atoms with van der Waals surface area (Å²) in [6.07, 6.45) is 1.63. The molecular formula is C17H19BN2O4. The Morgan fingerprint density at radius 2 is 1.88 bits per heavy atom. The SMILES string of the molecule is CC1(C)OB(c2c[nH]c(=O)c3cc(OCC#N)ccc23)OC1(C)C. The Hall–Kier alpha value is -2.30. The summed E-state index contributed by atoms with van der Waals surface area (Å²) in [4.78, 5) is 14.9. The van der Waals surface area contributed by atoms with Gasteiger partial charge in [-0.05, 0) is 45.2 Å². The van der Waals surface area contributed by atoms with E-state index in [0.29, 0.717) is 11.1 Å². The molecule has 1 aliphatic rings. The molecule has 0 amide bonds. The lowest BCUT2D eigenvalue weighted by atomic mass is 9.77. The van der Waals surface area contributed by atoms with E-state index in [1.165, 1.54) is 0 Å². The fraction of sp³-hybridized carbons (Fsp3) is 0.412. The van der Waals surface area contributed by atoms with Gasteiger partial charge in [-0.3, -0.25) is 4.79 Å². The lowest BCUT2D eigenvalue weighted by Crippen LogP contribution is -2.41. The van der Waals surface area contributed by atoms with Gasteiger partial charge >= 0.3 is 7.12 Å². The molecule has 24 heavy (non-hydrogen) atoms. The van der Waals surface area contributed by atoms with E-state index in [1.54, 1.807) is 24.4 Å². The fourth-order valence-electron chi connectivity index (χ4n) is 2.63. The Kier molecular flexibility index (Phi) is 3.90. The standard InChI is InChI=1S/C17H19BN2O4/c1-16(2)17(3,4)24-18(23-16)14-10-20-15(21)13-9-11(22-8-7-19)5-6-12(13)14/h5-6,9-10H,8H2,1-4H3,(H,20,21). The van der Waals surface area contributed by atoms with Gasteiger partial charge in [0.05, 0.1) is 16.6 Å². The van der Waals surface area contributed by atoms with E-state index >= 15 is 0 Å². The van der Waals surface area contributed by atoms with Gasteiger partial charge in [-0.15, -0.1) is 0 Å². The van der Waals surface area contributed by atoms with Crippen LogP contribution >= 0.6 is 0 Å². The number of fused-ring (bicyclic) bond motifs is 1. The number of pyridine rings is 1. The van der Waals surface area contributed by atoms with Crippen molar-refractivity contribution in [3.8, 4) is 11.8 Å². The molecule has 1 aromatic heterocycles. The van der Waals surface area contributed by atoms with E-state index in [9.17, 15) is 4.79 Å². The highest BCUT2D eigenvalue weighted by molar-refractivity contribution is 6.65. The lowest BCUT2D eigenvalue weighted by molar-refractivity contribution is 0.00578. The third kappa shape index (κ3) is 2.68. The summed E-state index contributed by atoms with van der Waals surface area (Å²) < 4.78 is 17.4. The highest BCUT2D eigenvalue weighted by Crippen LogP contribution is 2.36. The van der Waals surface area contributed by atoms with Gasteiger partial charge in [0.2, 0.25) is 0 Å². The van der Waals surface area contributed by atoms with Crippen LogP contribution in [0, 0.1) is 11.3 Å². The molecule has 1 aromatic carbocycles. The maximum absolute atomic E-state index is 12.2. The van der Waals surface area contributed by atoms with Gasteiger partial charge in [0.25, 0.3) is 5.56 Å². The first-order valence-corrected chi connectivity index (χ1v) is 7.76. The van der Waals surface area contributed by atoms with Crippen LogP contribution in [0.15, 0.2) is 29.2 Å². The highest BCUT2D eigenvalue weighted by Gasteiger charge is 2.52. The Morgan fingerprint density at radius 3 is 2.50 bits per heavy atom. The van der Waals surface area contributed by atoms with Crippen LogP contribution < -0.4 is 15.8 Å². The molecule has 1 aliphatic heterocycles. The zero-order chi connectivity index (χ0) is 17.5. The molecule has 6 nitrogen and oxygen atoms in total. The van der Waals surface area contributed by atoms with Crippen LogP contribution in [0.1, 0.15) is 27.7 Å². The molecule has 2 aromatic rings. The van der Waals surface area contributed by atoms with Crippen molar-refractivity contribution in [1.82, 2.24) is 4.98 Å². The first-order valence-electron chi connectivity index (χ1n) is 7.76. The van der Waals surface area contributed by atoms with Gasteiger partial charge in [0, 0.05) is 11.7 Å². The van der Waals surface area contributed by atoms with Gasteiger partial charge in [-0.2, -0.15) is 5.26 Å². The minimum Gasteiger partial charge on any atom is -0.479 e. The van der Waals surface area contributed by atoms with Crippen LogP contribution in [0.25, 0.3) is 10.8 Å². The highest BCUT2D eigenvalue weighted by atomic mass is 16.7. The zero-order valence-electron chi connectivity index (χ0n) is 14.2. The maximum Gasteiger partial charge on any atom is 0.496 e. The van der Waals surface area contributed by atoms with Crippen molar-refractivity contribution in [3.05, 3.63) is 34.7 Å². The Morgan fingerprint density at radius 1 is 1.21 bits per heavy atom. The minimum atomic E-state index is -0.569. The summed E-state index contributed by atoms with van der Waals surface area (Å²) in [5.41, 5.74) is -0.394. The number of benzene rings is 1. The number of H-pyrrole nitrogens is 1. The zero-order valence-corrected chi connectivity index (χ0v) is 14.2. The van der Waals surface area contributed by atoms with E-state index < -0.39 is 18.3 Å².